The molecule has 8 heteroatoms. The van der Waals surface area contributed by atoms with Crippen molar-refractivity contribution in [3.05, 3.63) is 69.7 Å². The number of halogens is 3. The molecule has 0 bridgehead atoms. The van der Waals surface area contributed by atoms with Gasteiger partial charge in [0.25, 0.3) is 5.91 Å². The van der Waals surface area contributed by atoms with Crippen molar-refractivity contribution >= 4 is 27.7 Å². The number of nitrogens with one attached hydrogen (secondary N) is 2. The van der Waals surface area contributed by atoms with Crippen LogP contribution < -0.4 is 10.6 Å². The van der Waals surface area contributed by atoms with Gasteiger partial charge in [0, 0.05) is 23.0 Å². The highest BCUT2D eigenvalue weighted by atomic mass is 79.9. The highest BCUT2D eigenvalue weighted by Crippen LogP contribution is 2.18. The third kappa shape index (κ3) is 5.10. The second kappa shape index (κ2) is 9.06. The molecule has 0 aliphatic carbocycles. The summed E-state index contributed by atoms with van der Waals surface area (Å²) in [5.41, 5.74) is 0.169. The number of amides is 2. The van der Waals surface area contributed by atoms with E-state index in [0.717, 1.165) is 6.07 Å². The number of carbonyl (C=O) groups is 2. The Hall–Kier alpha value is -2.79. The Kier molecular flexibility index (Phi) is 6.81. The lowest BCUT2D eigenvalue weighted by Crippen LogP contribution is -2.33. The highest BCUT2D eigenvalue weighted by Gasteiger charge is 2.17. The minimum atomic E-state index is -1.13. The van der Waals surface area contributed by atoms with Crippen LogP contribution in [0.4, 0.5) is 8.78 Å². The van der Waals surface area contributed by atoms with Gasteiger partial charge >= 0.3 is 0 Å². The molecule has 1 atom stereocenters. The molecule has 0 aromatic heterocycles. The summed E-state index contributed by atoms with van der Waals surface area (Å²) in [6.07, 6.45) is -0.120. The van der Waals surface area contributed by atoms with Gasteiger partial charge in [0.1, 0.15) is 17.7 Å². The first-order chi connectivity index (χ1) is 12.4. The number of hydrogen-bond donors (Lipinski definition) is 2. The lowest BCUT2D eigenvalue weighted by Gasteiger charge is -2.13. The zero-order chi connectivity index (χ0) is 19.1. The Morgan fingerprint density at radius 2 is 1.92 bits per heavy atom. The summed E-state index contributed by atoms with van der Waals surface area (Å²) >= 11 is 3.15. The molecule has 1 unspecified atom stereocenters. The monoisotopic (exact) mass is 421 g/mol. The predicted molar refractivity (Wildman–Crippen MR) is 93.9 cm³/mol. The van der Waals surface area contributed by atoms with Crippen LogP contribution in [0.15, 0.2) is 46.9 Å². The van der Waals surface area contributed by atoms with E-state index >= 15 is 0 Å². The van der Waals surface area contributed by atoms with E-state index in [-0.39, 0.29) is 24.1 Å². The zero-order valence-corrected chi connectivity index (χ0v) is 15.0. The number of hydrogen-bond acceptors (Lipinski definition) is 3. The number of nitrogens with zero attached hydrogens (tertiary/aromatic N) is 1. The Bertz CT molecular complexity index is 868. The van der Waals surface area contributed by atoms with Crippen LogP contribution in [0.3, 0.4) is 0 Å². The third-order valence-corrected chi connectivity index (χ3v) is 4.15. The average molecular weight is 422 g/mol. The predicted octanol–water partition coefficient (Wildman–Crippen LogP) is 3.23. The third-order valence-electron chi connectivity index (χ3n) is 3.46. The summed E-state index contributed by atoms with van der Waals surface area (Å²) in [7, 11) is 0. The van der Waals surface area contributed by atoms with Gasteiger partial charge in [-0.2, -0.15) is 5.26 Å². The molecule has 5 nitrogen and oxygen atoms in total. The Balaban J connectivity index is 1.89. The van der Waals surface area contributed by atoms with Crippen molar-refractivity contribution in [2.75, 3.05) is 6.54 Å². The maximum atomic E-state index is 13.7. The van der Waals surface area contributed by atoms with Crippen molar-refractivity contribution in [2.45, 2.75) is 12.5 Å². The van der Waals surface area contributed by atoms with E-state index in [1.165, 1.54) is 30.3 Å². The summed E-state index contributed by atoms with van der Waals surface area (Å²) < 4.78 is 27.3. The van der Waals surface area contributed by atoms with Crippen LogP contribution in [0, 0.1) is 23.0 Å². The van der Waals surface area contributed by atoms with Gasteiger partial charge in [-0.1, -0.05) is 18.2 Å². The molecule has 26 heavy (non-hydrogen) atoms. The quantitative estimate of drug-likeness (QED) is 0.750. The number of benzene rings is 2. The number of rotatable bonds is 6. The second-order valence-electron chi connectivity index (χ2n) is 5.28. The summed E-state index contributed by atoms with van der Waals surface area (Å²) in [5.74, 6) is -2.23. The fourth-order valence-corrected chi connectivity index (χ4v) is 2.60. The van der Waals surface area contributed by atoms with Crippen molar-refractivity contribution in [2.24, 2.45) is 0 Å². The zero-order valence-electron chi connectivity index (χ0n) is 13.4. The summed E-state index contributed by atoms with van der Waals surface area (Å²) in [6, 6.07) is 10.0. The normalized spacial score (nSPS) is 11.3. The van der Waals surface area contributed by atoms with Gasteiger partial charge in [-0.3, -0.25) is 9.59 Å². The van der Waals surface area contributed by atoms with E-state index < -0.39 is 29.5 Å². The Labute approximate surface area is 157 Å². The van der Waals surface area contributed by atoms with Gasteiger partial charge in [-0.15, -0.1) is 0 Å². The number of carbonyl (C=O) groups excluding carboxylic acids is 2. The van der Waals surface area contributed by atoms with E-state index in [4.69, 9.17) is 5.26 Å². The van der Waals surface area contributed by atoms with Crippen LogP contribution in [0.5, 0.6) is 0 Å². The molecule has 0 fully saturated rings. The first kappa shape index (κ1) is 19.5. The molecule has 2 N–H and O–H groups in total. The van der Waals surface area contributed by atoms with Crippen LogP contribution in [0.1, 0.15) is 28.4 Å². The molecule has 0 aliphatic heterocycles. The van der Waals surface area contributed by atoms with Crippen LogP contribution in [-0.4, -0.2) is 18.4 Å². The first-order valence-electron chi connectivity index (χ1n) is 7.59. The molecule has 0 radical (unpaired) electrons. The van der Waals surface area contributed by atoms with Gasteiger partial charge < -0.3 is 10.6 Å². The van der Waals surface area contributed by atoms with E-state index in [2.05, 4.69) is 26.6 Å². The fourth-order valence-electron chi connectivity index (χ4n) is 2.18. The smallest absolute Gasteiger partial charge is 0.252 e. The van der Waals surface area contributed by atoms with Crippen molar-refractivity contribution < 1.29 is 18.4 Å². The number of nitriles is 1. The standard InChI is InChI=1S/C18H14BrF2N3O2/c19-14-6-5-11(20)9-13(14)18(26)23-8-7-17(25)24-16(10-22)12-3-1-2-4-15(12)21/h1-6,9,16H,7-8H2,(H,23,26)(H,24,25). The lowest BCUT2D eigenvalue weighted by atomic mass is 10.1. The Morgan fingerprint density at radius 1 is 1.19 bits per heavy atom. The van der Waals surface area contributed by atoms with Crippen LogP contribution in [-0.2, 0) is 4.79 Å². The first-order valence-corrected chi connectivity index (χ1v) is 8.38. The minimum Gasteiger partial charge on any atom is -0.351 e. The molecular weight excluding hydrogens is 408 g/mol. The fraction of sp³-hybridized carbons (Fsp3) is 0.167. The lowest BCUT2D eigenvalue weighted by molar-refractivity contribution is -0.121. The summed E-state index contributed by atoms with van der Waals surface area (Å²) in [6.45, 7) is -0.0248. The van der Waals surface area contributed by atoms with Gasteiger partial charge in [0.15, 0.2) is 0 Å². The van der Waals surface area contributed by atoms with Gasteiger partial charge in [0.05, 0.1) is 11.6 Å². The van der Waals surface area contributed by atoms with Gasteiger partial charge in [0.2, 0.25) is 5.91 Å². The van der Waals surface area contributed by atoms with Gasteiger partial charge in [-0.05, 0) is 40.2 Å². The molecule has 2 rings (SSSR count). The van der Waals surface area contributed by atoms with Crippen molar-refractivity contribution in [1.82, 2.24) is 10.6 Å². The van der Waals surface area contributed by atoms with Crippen LogP contribution in [0.2, 0.25) is 0 Å². The van der Waals surface area contributed by atoms with Gasteiger partial charge in [-0.25, -0.2) is 8.78 Å². The highest BCUT2D eigenvalue weighted by molar-refractivity contribution is 9.10. The van der Waals surface area contributed by atoms with Crippen LogP contribution in [0.25, 0.3) is 0 Å². The molecule has 134 valence electrons. The Morgan fingerprint density at radius 3 is 2.62 bits per heavy atom. The van der Waals surface area contributed by atoms with E-state index in [1.54, 1.807) is 6.07 Å². The second-order valence-corrected chi connectivity index (χ2v) is 6.14. The maximum absolute atomic E-state index is 13.7. The molecule has 2 aromatic carbocycles. The van der Waals surface area contributed by atoms with Crippen molar-refractivity contribution in [1.29, 1.82) is 5.26 Å². The topological polar surface area (TPSA) is 82.0 Å². The van der Waals surface area contributed by atoms with E-state index in [1.807, 2.05) is 6.07 Å². The molecule has 2 amide bonds. The van der Waals surface area contributed by atoms with Crippen molar-refractivity contribution in [3.8, 4) is 6.07 Å². The molecule has 2 aromatic rings. The van der Waals surface area contributed by atoms with Crippen LogP contribution >= 0.6 is 15.9 Å². The summed E-state index contributed by atoms with van der Waals surface area (Å²) in [5, 5.41) is 14.0. The average Bonchev–Trinajstić information content (AvgIpc) is 2.62. The molecule has 0 aliphatic rings. The molecule has 0 saturated heterocycles. The minimum absolute atomic E-state index is 0.0248. The molecule has 0 spiro atoms. The molecular formula is C18H14BrF2N3O2. The SMILES string of the molecule is N#CC(NC(=O)CCNC(=O)c1cc(F)ccc1Br)c1ccccc1F. The largest absolute Gasteiger partial charge is 0.351 e. The van der Waals surface area contributed by atoms with E-state index in [0.29, 0.717) is 4.47 Å². The molecule has 0 heterocycles. The van der Waals surface area contributed by atoms with E-state index in [9.17, 15) is 18.4 Å². The summed E-state index contributed by atoms with van der Waals surface area (Å²) in [4.78, 5) is 23.9. The molecule has 0 saturated carbocycles. The maximum Gasteiger partial charge on any atom is 0.252 e. The van der Waals surface area contributed by atoms with Crippen molar-refractivity contribution in [3.63, 3.8) is 0 Å².